The number of aliphatic imine (C=N–C) groups is 1. The number of hydrogen-bond donors (Lipinski definition) is 2. The van der Waals surface area contributed by atoms with Crippen LogP contribution in [0.3, 0.4) is 0 Å². The normalized spacial score (nSPS) is 31.7. The van der Waals surface area contributed by atoms with Gasteiger partial charge in [0.25, 0.3) is 0 Å². The Bertz CT molecular complexity index is 829. The highest BCUT2D eigenvalue weighted by Crippen LogP contribution is 2.46. The summed E-state index contributed by atoms with van der Waals surface area (Å²) in [6.45, 7) is 13.2. The molecule has 1 saturated heterocycles. The molecule has 184 valence electrons. The zero-order valence-corrected chi connectivity index (χ0v) is 21.7. The maximum absolute atomic E-state index is 13.6. The summed E-state index contributed by atoms with van der Waals surface area (Å²) in [6.07, 6.45) is 13.6. The number of carbonyl (C=O) groups is 1. The average molecular weight is 476 g/mol. The number of amides is 1. The van der Waals surface area contributed by atoms with Crippen molar-refractivity contribution in [3.63, 3.8) is 0 Å². The van der Waals surface area contributed by atoms with Crippen LogP contribution >= 0.6 is 11.6 Å². The topological polar surface area (TPSA) is 64.9 Å². The molecular weight excluding hydrogens is 434 g/mol. The van der Waals surface area contributed by atoms with Gasteiger partial charge >= 0.3 is 0 Å². The Morgan fingerprint density at radius 3 is 2.73 bits per heavy atom. The number of allylic oxidation sites excluding steroid dienone is 4. The summed E-state index contributed by atoms with van der Waals surface area (Å²) < 4.78 is 0. The maximum atomic E-state index is 13.6. The molecule has 2 aliphatic carbocycles. The second kappa shape index (κ2) is 10.9. The van der Waals surface area contributed by atoms with Crippen LogP contribution in [0.15, 0.2) is 40.4 Å². The van der Waals surface area contributed by atoms with Gasteiger partial charge in [-0.05, 0) is 44.1 Å². The van der Waals surface area contributed by atoms with E-state index < -0.39 is 11.0 Å². The summed E-state index contributed by atoms with van der Waals surface area (Å²) in [4.78, 5) is 20.2. The lowest BCUT2D eigenvalue weighted by molar-refractivity contribution is -0.162. The van der Waals surface area contributed by atoms with Crippen molar-refractivity contribution in [3.8, 4) is 0 Å². The number of nitrogens with one attached hydrogen (secondary N) is 1. The minimum atomic E-state index is -0.864. The molecule has 1 heterocycles. The van der Waals surface area contributed by atoms with Gasteiger partial charge in [-0.25, -0.2) is 0 Å². The molecule has 0 aromatic rings. The first-order chi connectivity index (χ1) is 15.6. The second-order valence-electron chi connectivity index (χ2n) is 10.9. The fourth-order valence-electron chi connectivity index (χ4n) is 5.59. The van der Waals surface area contributed by atoms with Crippen molar-refractivity contribution in [1.29, 1.82) is 0 Å². The van der Waals surface area contributed by atoms with Gasteiger partial charge < -0.3 is 15.3 Å². The van der Waals surface area contributed by atoms with Crippen LogP contribution in [-0.2, 0) is 4.79 Å². The molecule has 4 atom stereocenters. The van der Waals surface area contributed by atoms with Crippen LogP contribution < -0.4 is 5.32 Å². The molecule has 0 aromatic heterocycles. The van der Waals surface area contributed by atoms with Gasteiger partial charge in [-0.3, -0.25) is 9.79 Å². The van der Waals surface area contributed by atoms with Crippen molar-refractivity contribution >= 4 is 23.2 Å². The van der Waals surface area contributed by atoms with Crippen molar-refractivity contribution in [1.82, 2.24) is 10.2 Å². The standard InChI is InChI=1S/C27H42ClN3O2/c1-6-29-23-9-7-8-20(16-23)17-30-24(19(2)3)25(32)31-15-14-27(33,26(4,5)18-31)21-10-12-22(28)13-11-21/h7-8,10,12-13,19-21,24,30,33H,6,9,11,14-18H2,1-5H3/t20?,21?,24-,27+/m1/s1. The van der Waals surface area contributed by atoms with Crippen LogP contribution in [-0.4, -0.2) is 59.4 Å². The van der Waals surface area contributed by atoms with E-state index in [1.807, 2.05) is 23.1 Å². The molecule has 0 radical (unpaired) electrons. The Hall–Kier alpha value is -1.43. The minimum absolute atomic E-state index is 0.0170. The Morgan fingerprint density at radius 1 is 1.36 bits per heavy atom. The highest BCUT2D eigenvalue weighted by molar-refractivity contribution is 6.31. The molecule has 1 fully saturated rings. The molecule has 0 saturated carbocycles. The van der Waals surface area contributed by atoms with E-state index in [4.69, 9.17) is 11.6 Å². The van der Waals surface area contributed by atoms with Gasteiger partial charge in [-0.2, -0.15) is 0 Å². The maximum Gasteiger partial charge on any atom is 0.239 e. The van der Waals surface area contributed by atoms with Gasteiger partial charge in [0.15, 0.2) is 0 Å². The van der Waals surface area contributed by atoms with E-state index in [9.17, 15) is 9.90 Å². The zero-order valence-electron chi connectivity index (χ0n) is 21.0. The van der Waals surface area contributed by atoms with Gasteiger partial charge in [0.05, 0.1) is 11.6 Å². The number of rotatable bonds is 7. The molecular formula is C27H42ClN3O2. The van der Waals surface area contributed by atoms with E-state index >= 15 is 0 Å². The number of carbonyl (C=O) groups excluding carboxylic acids is 1. The molecule has 1 aliphatic heterocycles. The molecule has 3 rings (SSSR count). The summed E-state index contributed by atoms with van der Waals surface area (Å²) >= 11 is 6.10. The van der Waals surface area contributed by atoms with Crippen molar-refractivity contribution in [2.24, 2.45) is 28.2 Å². The largest absolute Gasteiger partial charge is 0.389 e. The van der Waals surface area contributed by atoms with Crippen LogP contribution in [0, 0.1) is 23.2 Å². The number of halogens is 1. The van der Waals surface area contributed by atoms with Crippen molar-refractivity contribution < 1.29 is 9.90 Å². The summed E-state index contributed by atoms with van der Waals surface area (Å²) in [5.74, 6) is 0.720. The number of aliphatic hydroxyl groups is 1. The van der Waals surface area contributed by atoms with Crippen molar-refractivity contribution in [2.45, 2.75) is 71.9 Å². The Kier molecular flexibility index (Phi) is 8.63. The van der Waals surface area contributed by atoms with E-state index in [0.717, 1.165) is 37.4 Å². The number of nitrogens with zero attached hydrogens (tertiary/aromatic N) is 2. The van der Waals surface area contributed by atoms with Gasteiger partial charge in [0, 0.05) is 54.7 Å². The predicted molar refractivity (Wildman–Crippen MR) is 138 cm³/mol. The van der Waals surface area contributed by atoms with E-state index in [1.165, 1.54) is 5.71 Å². The third kappa shape index (κ3) is 5.98. The summed E-state index contributed by atoms with van der Waals surface area (Å²) in [5.41, 5.74) is -0.0341. The van der Waals surface area contributed by atoms with Crippen molar-refractivity contribution in [3.05, 3.63) is 35.4 Å². The molecule has 0 aromatic carbocycles. The summed E-state index contributed by atoms with van der Waals surface area (Å²) in [5, 5.41) is 16.0. The van der Waals surface area contributed by atoms with Crippen LogP contribution in [0.1, 0.15) is 60.3 Å². The lowest BCUT2D eigenvalue weighted by Crippen LogP contribution is -2.63. The predicted octanol–water partition coefficient (Wildman–Crippen LogP) is 4.72. The SMILES string of the molecule is CCN=C1CC=CC(CN[C@@H](C(=O)N2CC[C@](O)(C3C=CC(Cl)=CC3)C(C)(C)C2)C(C)C)C1. The molecule has 33 heavy (non-hydrogen) atoms. The minimum Gasteiger partial charge on any atom is -0.389 e. The van der Waals surface area contributed by atoms with Gasteiger partial charge in [-0.1, -0.05) is 63.6 Å². The van der Waals surface area contributed by atoms with Gasteiger partial charge in [0.2, 0.25) is 5.91 Å². The third-order valence-corrected chi connectivity index (χ3v) is 7.95. The van der Waals surface area contributed by atoms with Crippen LogP contribution in [0.5, 0.6) is 0 Å². The van der Waals surface area contributed by atoms with E-state index in [0.29, 0.717) is 25.4 Å². The summed E-state index contributed by atoms with van der Waals surface area (Å²) in [6, 6.07) is -0.231. The van der Waals surface area contributed by atoms with E-state index in [1.54, 1.807) is 0 Å². The lowest BCUT2D eigenvalue weighted by Gasteiger charge is -2.54. The molecule has 2 N–H and O–H groups in total. The summed E-state index contributed by atoms with van der Waals surface area (Å²) in [7, 11) is 0. The molecule has 2 unspecified atom stereocenters. The average Bonchev–Trinajstić information content (AvgIpc) is 2.76. The quantitative estimate of drug-likeness (QED) is 0.524. The first kappa shape index (κ1) is 26.2. The number of piperidine rings is 1. The Morgan fingerprint density at radius 2 is 2.12 bits per heavy atom. The van der Waals surface area contributed by atoms with Crippen LogP contribution in [0.4, 0.5) is 0 Å². The Balaban J connectivity index is 1.64. The van der Waals surface area contributed by atoms with Crippen LogP contribution in [0.25, 0.3) is 0 Å². The highest BCUT2D eigenvalue weighted by Gasteiger charge is 2.52. The highest BCUT2D eigenvalue weighted by atomic mass is 35.5. The van der Waals surface area contributed by atoms with Crippen LogP contribution in [0.2, 0.25) is 0 Å². The van der Waals surface area contributed by atoms with E-state index in [-0.39, 0.29) is 23.8 Å². The van der Waals surface area contributed by atoms with Gasteiger partial charge in [0.1, 0.15) is 0 Å². The Labute approximate surface area is 205 Å². The molecule has 0 bridgehead atoms. The fourth-order valence-corrected chi connectivity index (χ4v) is 5.75. The fraction of sp³-hybridized carbons (Fsp3) is 0.704. The number of likely N-dealkylation sites (tertiary alicyclic amines) is 1. The molecule has 0 spiro atoms. The lowest BCUT2D eigenvalue weighted by atomic mass is 9.62. The molecule has 1 amide bonds. The zero-order chi connectivity index (χ0) is 24.2. The first-order valence-corrected chi connectivity index (χ1v) is 12.9. The van der Waals surface area contributed by atoms with E-state index in [2.05, 4.69) is 57.1 Å². The second-order valence-corrected chi connectivity index (χ2v) is 11.3. The molecule has 6 heteroatoms. The third-order valence-electron chi connectivity index (χ3n) is 7.67. The molecule has 3 aliphatic rings. The van der Waals surface area contributed by atoms with Gasteiger partial charge in [-0.15, -0.1) is 0 Å². The number of hydrogen-bond acceptors (Lipinski definition) is 4. The monoisotopic (exact) mass is 475 g/mol. The van der Waals surface area contributed by atoms with Crippen molar-refractivity contribution in [2.75, 3.05) is 26.2 Å². The first-order valence-electron chi connectivity index (χ1n) is 12.5. The smallest absolute Gasteiger partial charge is 0.239 e. The molecule has 5 nitrogen and oxygen atoms in total.